The first kappa shape index (κ1) is 23.8. The molecular formula is C25H25N5O5. The number of piperidine rings is 1. The Hall–Kier alpha value is -4.39. The molecule has 2 aromatic carbocycles. The summed E-state index contributed by atoms with van der Waals surface area (Å²) < 4.78 is 5.15. The lowest BCUT2D eigenvalue weighted by molar-refractivity contribution is -0.384. The maximum atomic E-state index is 12.6. The number of fused-ring (bicyclic) bond motifs is 1. The third kappa shape index (κ3) is 5.09. The fraction of sp³-hybridized carbons (Fsp3) is 0.320. The number of hydrogen-bond donors (Lipinski definition) is 2. The third-order valence-corrected chi connectivity index (χ3v) is 5.98. The van der Waals surface area contributed by atoms with Crippen LogP contribution < -0.4 is 4.90 Å². The molecule has 1 saturated heterocycles. The summed E-state index contributed by atoms with van der Waals surface area (Å²) in [4.78, 5) is 33.0. The van der Waals surface area contributed by atoms with Crippen LogP contribution in [0.3, 0.4) is 0 Å². The van der Waals surface area contributed by atoms with Crippen molar-refractivity contribution < 1.29 is 19.6 Å². The molecule has 10 nitrogen and oxygen atoms in total. The van der Waals surface area contributed by atoms with Crippen molar-refractivity contribution in [2.24, 2.45) is 11.8 Å². The van der Waals surface area contributed by atoms with Gasteiger partial charge in [0.2, 0.25) is 0 Å². The molecule has 1 aromatic heterocycles. The van der Waals surface area contributed by atoms with Crippen molar-refractivity contribution in [3.05, 3.63) is 69.7 Å². The number of aliphatic hydroxyl groups excluding tert-OH is 1. The number of ether oxygens (including phenoxy) is 1. The van der Waals surface area contributed by atoms with Crippen LogP contribution in [-0.4, -0.2) is 45.7 Å². The predicted molar refractivity (Wildman–Crippen MR) is 130 cm³/mol. The number of nitro groups is 1. The highest BCUT2D eigenvalue weighted by molar-refractivity contribution is 5.92. The molecule has 0 amide bonds. The van der Waals surface area contributed by atoms with Crippen molar-refractivity contribution in [1.29, 1.82) is 5.26 Å². The van der Waals surface area contributed by atoms with E-state index in [1.807, 2.05) is 11.0 Å². The number of H-pyrrole nitrogens is 1. The Kier molecular flexibility index (Phi) is 6.68. The van der Waals surface area contributed by atoms with E-state index in [0.717, 1.165) is 6.42 Å². The van der Waals surface area contributed by atoms with Crippen LogP contribution >= 0.6 is 0 Å². The average Bonchev–Trinajstić information content (AvgIpc) is 3.25. The summed E-state index contributed by atoms with van der Waals surface area (Å²) in [6.07, 6.45) is 1.06. The van der Waals surface area contributed by atoms with Gasteiger partial charge in [-0.2, -0.15) is 5.26 Å². The zero-order chi connectivity index (χ0) is 25.1. The monoisotopic (exact) mass is 475 g/mol. The molecule has 0 saturated carbocycles. The zero-order valence-electron chi connectivity index (χ0n) is 19.4. The molecule has 1 aliphatic heterocycles. The Balaban J connectivity index is 1.52. The Labute approximate surface area is 201 Å². The second kappa shape index (κ2) is 9.85. The fourth-order valence-corrected chi connectivity index (χ4v) is 4.54. The lowest BCUT2D eigenvalue weighted by Gasteiger charge is -2.36. The van der Waals surface area contributed by atoms with E-state index in [2.05, 4.69) is 23.8 Å². The van der Waals surface area contributed by atoms with E-state index in [-0.39, 0.29) is 22.6 Å². The zero-order valence-corrected chi connectivity index (χ0v) is 19.4. The Morgan fingerprint density at radius 2 is 2.00 bits per heavy atom. The summed E-state index contributed by atoms with van der Waals surface area (Å²) >= 11 is 0. The van der Waals surface area contributed by atoms with Gasteiger partial charge in [0.1, 0.15) is 23.9 Å². The molecule has 2 heterocycles. The smallest absolute Gasteiger partial charge is 0.338 e. The number of imidazole rings is 1. The van der Waals surface area contributed by atoms with Crippen LogP contribution in [0.5, 0.6) is 0 Å². The van der Waals surface area contributed by atoms with Crippen LogP contribution in [0.1, 0.15) is 36.5 Å². The van der Waals surface area contributed by atoms with Crippen molar-refractivity contribution >= 4 is 34.0 Å². The van der Waals surface area contributed by atoms with Gasteiger partial charge in [-0.25, -0.2) is 9.78 Å². The van der Waals surface area contributed by atoms with Gasteiger partial charge in [0.15, 0.2) is 11.6 Å². The SMILES string of the molecule is C[C@H]1C[C@H](C)CN(c2ccc(C(=O)OCC(O)=C(C#N)c3nc4ccccc4[nH]3)cc2[N+](=O)[O-])C1. The maximum absolute atomic E-state index is 12.6. The topological polar surface area (TPSA) is 145 Å². The molecule has 180 valence electrons. The summed E-state index contributed by atoms with van der Waals surface area (Å²) in [7, 11) is 0. The lowest BCUT2D eigenvalue weighted by Crippen LogP contribution is -2.39. The molecule has 35 heavy (non-hydrogen) atoms. The molecule has 1 fully saturated rings. The highest BCUT2D eigenvalue weighted by Gasteiger charge is 2.28. The molecule has 4 rings (SSSR count). The molecular weight excluding hydrogens is 450 g/mol. The summed E-state index contributed by atoms with van der Waals surface area (Å²) in [6.45, 7) is 5.04. The number of hydrogen-bond acceptors (Lipinski definition) is 8. The molecule has 10 heteroatoms. The number of aromatic amines is 1. The molecule has 1 aliphatic rings. The Morgan fingerprint density at radius 3 is 2.66 bits per heavy atom. The number of nitro benzene ring substituents is 1. The lowest BCUT2D eigenvalue weighted by atomic mass is 9.91. The number of para-hydroxylation sites is 2. The van der Waals surface area contributed by atoms with Gasteiger partial charge >= 0.3 is 5.97 Å². The summed E-state index contributed by atoms with van der Waals surface area (Å²) in [5.41, 5.74) is 1.40. The van der Waals surface area contributed by atoms with Crippen molar-refractivity contribution in [3.63, 3.8) is 0 Å². The van der Waals surface area contributed by atoms with Gasteiger partial charge in [-0.15, -0.1) is 0 Å². The van der Waals surface area contributed by atoms with Gasteiger partial charge in [0.05, 0.1) is 21.5 Å². The Morgan fingerprint density at radius 1 is 1.29 bits per heavy atom. The quantitative estimate of drug-likeness (QED) is 0.173. The summed E-state index contributed by atoms with van der Waals surface area (Å²) in [6, 6.07) is 13.2. The molecule has 0 aliphatic carbocycles. The molecule has 0 radical (unpaired) electrons. The van der Waals surface area contributed by atoms with Crippen molar-refractivity contribution in [2.75, 3.05) is 24.6 Å². The van der Waals surface area contributed by atoms with Crippen LogP contribution in [0.15, 0.2) is 48.2 Å². The van der Waals surface area contributed by atoms with Crippen molar-refractivity contribution in [1.82, 2.24) is 9.97 Å². The number of esters is 1. The first-order valence-corrected chi connectivity index (χ1v) is 11.2. The summed E-state index contributed by atoms with van der Waals surface area (Å²) in [5, 5.41) is 31.7. The number of benzene rings is 2. The number of aromatic nitrogens is 2. The second-order valence-electron chi connectivity index (χ2n) is 8.92. The molecule has 0 unspecified atom stereocenters. The largest absolute Gasteiger partial charge is 0.507 e. The number of carbonyl (C=O) groups excluding carboxylic acids is 1. The number of anilines is 1. The highest BCUT2D eigenvalue weighted by atomic mass is 16.6. The highest BCUT2D eigenvalue weighted by Crippen LogP contribution is 2.34. The van der Waals surface area contributed by atoms with E-state index >= 15 is 0 Å². The average molecular weight is 476 g/mol. The molecule has 0 bridgehead atoms. The van der Waals surface area contributed by atoms with E-state index in [0.29, 0.717) is 41.6 Å². The molecule has 3 aromatic rings. The first-order valence-electron chi connectivity index (χ1n) is 11.2. The summed E-state index contributed by atoms with van der Waals surface area (Å²) in [5.74, 6) is -0.388. The van der Waals surface area contributed by atoms with E-state index < -0.39 is 23.3 Å². The predicted octanol–water partition coefficient (Wildman–Crippen LogP) is 4.60. The van der Waals surface area contributed by atoms with Gasteiger partial charge in [0.25, 0.3) is 5.69 Å². The van der Waals surface area contributed by atoms with Gasteiger partial charge in [-0.05, 0) is 42.5 Å². The van der Waals surface area contributed by atoms with Crippen LogP contribution in [0.2, 0.25) is 0 Å². The minimum atomic E-state index is -0.853. The first-order chi connectivity index (χ1) is 16.8. The third-order valence-electron chi connectivity index (χ3n) is 5.98. The number of nitrogens with zero attached hydrogens (tertiary/aromatic N) is 4. The molecule has 0 spiro atoms. The molecule has 2 atom stereocenters. The normalized spacial score (nSPS) is 18.6. The second-order valence-corrected chi connectivity index (χ2v) is 8.92. The number of aliphatic hydroxyl groups is 1. The van der Waals surface area contributed by atoms with E-state index in [9.17, 15) is 25.3 Å². The van der Waals surface area contributed by atoms with Crippen molar-refractivity contribution in [2.45, 2.75) is 20.3 Å². The van der Waals surface area contributed by atoms with Crippen LogP contribution in [-0.2, 0) is 4.74 Å². The van der Waals surface area contributed by atoms with Gasteiger partial charge in [-0.3, -0.25) is 10.1 Å². The standard InChI is InChI=1S/C25H25N5O5/c1-15-9-16(2)13-29(12-15)21-8-7-17(10-22(21)30(33)34)25(32)35-14-23(31)18(11-26)24-27-19-5-3-4-6-20(19)28-24/h3-8,10,15-16,31H,9,12-14H2,1-2H3,(H,27,28)/t15-,16-/m0/s1. The number of nitrogens with one attached hydrogen (secondary N) is 1. The van der Waals surface area contributed by atoms with Crippen LogP contribution in [0, 0.1) is 33.3 Å². The fourth-order valence-electron chi connectivity index (χ4n) is 4.54. The van der Waals surface area contributed by atoms with E-state index in [1.165, 1.54) is 12.1 Å². The minimum absolute atomic E-state index is 0.0198. The number of carbonyl (C=O) groups is 1. The van der Waals surface area contributed by atoms with Crippen LogP contribution in [0.4, 0.5) is 11.4 Å². The molecule has 2 N–H and O–H groups in total. The van der Waals surface area contributed by atoms with E-state index in [4.69, 9.17) is 4.74 Å². The van der Waals surface area contributed by atoms with Crippen molar-refractivity contribution in [3.8, 4) is 6.07 Å². The van der Waals surface area contributed by atoms with Gasteiger partial charge < -0.3 is 19.7 Å². The minimum Gasteiger partial charge on any atom is -0.507 e. The number of allylic oxidation sites excluding steroid dienone is 1. The number of rotatable bonds is 6. The van der Waals surface area contributed by atoms with Gasteiger partial charge in [0, 0.05) is 19.2 Å². The maximum Gasteiger partial charge on any atom is 0.338 e. The van der Waals surface area contributed by atoms with Crippen LogP contribution in [0.25, 0.3) is 16.6 Å². The van der Waals surface area contributed by atoms with E-state index in [1.54, 1.807) is 30.3 Å². The number of nitriles is 1. The van der Waals surface area contributed by atoms with Gasteiger partial charge in [-0.1, -0.05) is 26.0 Å². The Bertz CT molecular complexity index is 1310.